The van der Waals surface area contributed by atoms with Crippen molar-refractivity contribution in [1.82, 2.24) is 0 Å². The van der Waals surface area contributed by atoms with E-state index in [4.69, 9.17) is 4.42 Å². The number of benzene rings is 2. The van der Waals surface area contributed by atoms with Crippen molar-refractivity contribution in [3.8, 4) is 16.9 Å². The van der Waals surface area contributed by atoms with Crippen molar-refractivity contribution in [2.45, 2.75) is 19.8 Å². The molecular formula is C18H15FO3. The second kappa shape index (κ2) is 5.64. The van der Waals surface area contributed by atoms with Crippen molar-refractivity contribution < 1.29 is 13.9 Å². The maximum atomic E-state index is 13.0. The lowest BCUT2D eigenvalue weighted by Gasteiger charge is -2.07. The molecule has 0 aliphatic rings. The van der Waals surface area contributed by atoms with Crippen LogP contribution in [0.4, 0.5) is 4.39 Å². The van der Waals surface area contributed by atoms with E-state index >= 15 is 0 Å². The molecule has 2 aromatic carbocycles. The van der Waals surface area contributed by atoms with Crippen molar-refractivity contribution in [3.63, 3.8) is 0 Å². The van der Waals surface area contributed by atoms with Crippen LogP contribution in [0.1, 0.15) is 18.9 Å². The van der Waals surface area contributed by atoms with Crippen LogP contribution in [0, 0.1) is 5.82 Å². The number of hydrogen-bond donors (Lipinski definition) is 1. The van der Waals surface area contributed by atoms with Gasteiger partial charge in [-0.3, -0.25) is 4.79 Å². The van der Waals surface area contributed by atoms with Crippen LogP contribution < -0.4 is 5.43 Å². The molecule has 0 bridgehead atoms. The molecule has 3 aromatic rings. The van der Waals surface area contributed by atoms with Crippen LogP contribution in [0.15, 0.2) is 51.9 Å². The maximum absolute atomic E-state index is 13.0. The van der Waals surface area contributed by atoms with Gasteiger partial charge in [-0.2, -0.15) is 0 Å². The maximum Gasteiger partial charge on any atom is 0.200 e. The van der Waals surface area contributed by atoms with E-state index in [-0.39, 0.29) is 17.0 Å². The smallest absolute Gasteiger partial charge is 0.200 e. The topological polar surface area (TPSA) is 50.4 Å². The highest BCUT2D eigenvalue weighted by molar-refractivity contribution is 5.83. The molecule has 0 fully saturated rings. The molecule has 0 saturated heterocycles. The summed E-state index contributed by atoms with van der Waals surface area (Å²) in [6.07, 6.45) is 2.89. The molecule has 0 unspecified atom stereocenters. The first-order valence-corrected chi connectivity index (χ1v) is 7.13. The van der Waals surface area contributed by atoms with Crippen LogP contribution >= 0.6 is 0 Å². The van der Waals surface area contributed by atoms with Crippen LogP contribution in [-0.2, 0) is 6.42 Å². The van der Waals surface area contributed by atoms with Gasteiger partial charge in [0.05, 0.1) is 10.9 Å². The summed E-state index contributed by atoms with van der Waals surface area (Å²) in [5.41, 5.74) is 1.85. The van der Waals surface area contributed by atoms with Gasteiger partial charge in [-0.05, 0) is 35.7 Å². The molecule has 0 aliphatic carbocycles. The third-order valence-electron chi connectivity index (χ3n) is 3.65. The molecule has 3 nitrogen and oxygen atoms in total. The Morgan fingerprint density at radius 2 is 1.91 bits per heavy atom. The zero-order chi connectivity index (χ0) is 15.7. The van der Waals surface area contributed by atoms with Gasteiger partial charge in [-0.25, -0.2) is 4.39 Å². The highest BCUT2D eigenvalue weighted by atomic mass is 19.1. The first-order valence-electron chi connectivity index (χ1n) is 7.13. The van der Waals surface area contributed by atoms with E-state index in [1.807, 2.05) is 6.92 Å². The quantitative estimate of drug-likeness (QED) is 0.786. The third kappa shape index (κ3) is 2.48. The number of aryl methyl sites for hydroxylation is 1. The van der Waals surface area contributed by atoms with Gasteiger partial charge in [-0.15, -0.1) is 0 Å². The SMILES string of the molecule is CCCc1cc2c(=O)c(-c3ccc(F)cc3)coc2cc1O. The molecule has 0 spiro atoms. The Labute approximate surface area is 126 Å². The molecule has 0 saturated carbocycles. The molecule has 0 atom stereocenters. The normalized spacial score (nSPS) is 11.0. The minimum absolute atomic E-state index is 0.132. The lowest BCUT2D eigenvalue weighted by atomic mass is 10.0. The fraction of sp³-hybridized carbons (Fsp3) is 0.167. The Hall–Kier alpha value is -2.62. The van der Waals surface area contributed by atoms with E-state index in [2.05, 4.69) is 0 Å². The molecule has 3 rings (SSSR count). The molecule has 1 heterocycles. The Kier molecular flexibility index (Phi) is 3.67. The van der Waals surface area contributed by atoms with Gasteiger partial charge in [0.15, 0.2) is 0 Å². The summed E-state index contributed by atoms with van der Waals surface area (Å²) in [6, 6.07) is 8.83. The van der Waals surface area contributed by atoms with Crippen molar-refractivity contribution >= 4 is 11.0 Å². The average Bonchev–Trinajstić information content (AvgIpc) is 2.51. The average molecular weight is 298 g/mol. The number of phenolic OH excluding ortho intramolecular Hbond substituents is 1. The predicted octanol–water partition coefficient (Wildman–Crippen LogP) is 4.26. The Balaban J connectivity index is 2.22. The molecule has 0 aliphatic heterocycles. The fourth-order valence-electron chi connectivity index (χ4n) is 2.51. The zero-order valence-corrected chi connectivity index (χ0v) is 12.1. The summed E-state index contributed by atoms with van der Waals surface area (Å²) in [5.74, 6) is -0.226. The number of aromatic hydroxyl groups is 1. The van der Waals surface area contributed by atoms with Crippen LogP contribution in [0.25, 0.3) is 22.1 Å². The minimum Gasteiger partial charge on any atom is -0.508 e. The molecule has 1 aromatic heterocycles. The summed E-state index contributed by atoms with van der Waals surface area (Å²) >= 11 is 0. The molecule has 0 amide bonds. The zero-order valence-electron chi connectivity index (χ0n) is 12.1. The van der Waals surface area contributed by atoms with Gasteiger partial charge in [-0.1, -0.05) is 25.5 Å². The van der Waals surface area contributed by atoms with Crippen molar-refractivity contribution in [2.24, 2.45) is 0 Å². The second-order valence-electron chi connectivity index (χ2n) is 5.21. The van der Waals surface area contributed by atoms with Gasteiger partial charge in [0.25, 0.3) is 0 Å². The van der Waals surface area contributed by atoms with Gasteiger partial charge in [0.2, 0.25) is 5.43 Å². The van der Waals surface area contributed by atoms with Crippen LogP contribution in [0.5, 0.6) is 5.75 Å². The van der Waals surface area contributed by atoms with Crippen molar-refractivity contribution in [2.75, 3.05) is 0 Å². The number of phenols is 1. The van der Waals surface area contributed by atoms with E-state index < -0.39 is 0 Å². The van der Waals surface area contributed by atoms with E-state index in [1.54, 1.807) is 18.2 Å². The van der Waals surface area contributed by atoms with Gasteiger partial charge < -0.3 is 9.52 Å². The number of fused-ring (bicyclic) bond motifs is 1. The third-order valence-corrected chi connectivity index (χ3v) is 3.65. The molecule has 4 heteroatoms. The summed E-state index contributed by atoms with van der Waals surface area (Å²) < 4.78 is 18.5. The summed E-state index contributed by atoms with van der Waals surface area (Å²) in [4.78, 5) is 12.6. The standard InChI is InChI=1S/C18H15FO3/c1-2-3-12-8-14-17(9-16(12)20)22-10-15(18(14)21)11-4-6-13(19)7-5-11/h4-10,20H,2-3H2,1H3. The lowest BCUT2D eigenvalue weighted by molar-refractivity contribution is 0.466. The second-order valence-corrected chi connectivity index (χ2v) is 5.21. The highest BCUT2D eigenvalue weighted by Crippen LogP contribution is 2.26. The van der Waals surface area contributed by atoms with E-state index in [0.29, 0.717) is 28.5 Å². The fourth-order valence-corrected chi connectivity index (χ4v) is 2.51. The lowest BCUT2D eigenvalue weighted by Crippen LogP contribution is -2.05. The molecule has 112 valence electrons. The molecular weight excluding hydrogens is 283 g/mol. The van der Waals surface area contributed by atoms with E-state index in [0.717, 1.165) is 12.0 Å². The largest absolute Gasteiger partial charge is 0.508 e. The van der Waals surface area contributed by atoms with Gasteiger partial charge in [0.1, 0.15) is 23.4 Å². The molecule has 0 radical (unpaired) electrons. The number of halogens is 1. The Morgan fingerprint density at radius 1 is 1.18 bits per heavy atom. The van der Waals surface area contributed by atoms with Gasteiger partial charge in [0, 0.05) is 6.07 Å². The Bertz CT molecular complexity index is 879. The van der Waals surface area contributed by atoms with E-state index in [9.17, 15) is 14.3 Å². The van der Waals surface area contributed by atoms with Crippen LogP contribution in [0.2, 0.25) is 0 Å². The predicted molar refractivity (Wildman–Crippen MR) is 83.5 cm³/mol. The number of hydrogen-bond acceptors (Lipinski definition) is 3. The van der Waals surface area contributed by atoms with E-state index in [1.165, 1.54) is 24.5 Å². The molecule has 22 heavy (non-hydrogen) atoms. The van der Waals surface area contributed by atoms with Crippen LogP contribution in [0.3, 0.4) is 0 Å². The minimum atomic E-state index is -0.357. The van der Waals surface area contributed by atoms with Crippen LogP contribution in [-0.4, -0.2) is 5.11 Å². The highest BCUT2D eigenvalue weighted by Gasteiger charge is 2.12. The van der Waals surface area contributed by atoms with Crippen molar-refractivity contribution in [3.05, 3.63) is 64.3 Å². The monoisotopic (exact) mass is 298 g/mol. The first-order chi connectivity index (χ1) is 10.6. The summed E-state index contributed by atoms with van der Waals surface area (Å²) in [5, 5.41) is 10.4. The summed E-state index contributed by atoms with van der Waals surface area (Å²) in [6.45, 7) is 2.00. The first kappa shape index (κ1) is 14.3. The number of rotatable bonds is 3. The summed E-state index contributed by atoms with van der Waals surface area (Å²) in [7, 11) is 0. The van der Waals surface area contributed by atoms with Crippen molar-refractivity contribution in [1.29, 1.82) is 0 Å². The van der Waals surface area contributed by atoms with Gasteiger partial charge >= 0.3 is 0 Å². The Morgan fingerprint density at radius 3 is 2.59 bits per heavy atom. The molecule has 1 N–H and O–H groups in total.